The van der Waals surface area contributed by atoms with Gasteiger partial charge in [0, 0.05) is 5.56 Å². The first-order valence-electron chi connectivity index (χ1n) is 3.93. The highest BCUT2D eigenvalue weighted by Gasteiger charge is 2.05. The van der Waals surface area contributed by atoms with Crippen molar-refractivity contribution in [2.45, 2.75) is 0 Å². The van der Waals surface area contributed by atoms with Crippen LogP contribution in [0.15, 0.2) is 28.9 Å². The Hall–Kier alpha value is -1.68. The maximum atomic E-state index is 5.78. The number of oxazole rings is 1. The molecule has 0 aliphatic carbocycles. The van der Waals surface area contributed by atoms with E-state index in [1.54, 1.807) is 18.2 Å². The Morgan fingerprint density at radius 3 is 2.64 bits per heavy atom. The van der Waals surface area contributed by atoms with Gasteiger partial charge in [-0.05, 0) is 12.1 Å². The van der Waals surface area contributed by atoms with Gasteiger partial charge in [0.1, 0.15) is 12.0 Å². The highest BCUT2D eigenvalue weighted by molar-refractivity contribution is 6.33. The molecule has 0 bridgehead atoms. The van der Waals surface area contributed by atoms with Crippen LogP contribution < -0.4 is 11.5 Å². The quantitative estimate of drug-likeness (QED) is 0.706. The van der Waals surface area contributed by atoms with Gasteiger partial charge in [-0.25, -0.2) is 0 Å². The molecule has 1 aromatic heterocycles. The van der Waals surface area contributed by atoms with Gasteiger partial charge < -0.3 is 15.9 Å². The predicted molar refractivity (Wildman–Crippen MR) is 55.8 cm³/mol. The van der Waals surface area contributed by atoms with Crippen LogP contribution in [0.5, 0.6) is 0 Å². The van der Waals surface area contributed by atoms with E-state index in [1.807, 2.05) is 0 Å². The molecule has 14 heavy (non-hydrogen) atoms. The van der Waals surface area contributed by atoms with E-state index in [-0.39, 0.29) is 6.01 Å². The van der Waals surface area contributed by atoms with Gasteiger partial charge in [0.05, 0.1) is 10.7 Å². The van der Waals surface area contributed by atoms with Gasteiger partial charge in [0.15, 0.2) is 0 Å². The number of aromatic nitrogens is 1. The summed E-state index contributed by atoms with van der Waals surface area (Å²) in [6, 6.07) is 5.36. The number of rotatable bonds is 1. The Morgan fingerprint density at radius 2 is 2.07 bits per heavy atom. The number of benzene rings is 1. The molecule has 0 spiro atoms. The van der Waals surface area contributed by atoms with Crippen LogP contribution in [0.2, 0.25) is 5.02 Å². The van der Waals surface area contributed by atoms with E-state index in [2.05, 4.69) is 4.98 Å². The molecule has 0 atom stereocenters. The molecule has 0 aliphatic heterocycles. The Balaban J connectivity index is 2.47. The average Bonchev–Trinajstić information content (AvgIpc) is 2.57. The summed E-state index contributed by atoms with van der Waals surface area (Å²) in [7, 11) is 0. The number of anilines is 2. The first kappa shape index (κ1) is 8.90. The number of nitrogens with two attached hydrogens (primary N) is 2. The summed E-state index contributed by atoms with van der Waals surface area (Å²) in [5, 5.41) is 0.519. The summed E-state index contributed by atoms with van der Waals surface area (Å²) in [6.45, 7) is 0. The Kier molecular flexibility index (Phi) is 2.05. The fraction of sp³-hybridized carbons (Fsp3) is 0. The molecule has 72 valence electrons. The maximum Gasteiger partial charge on any atom is 0.292 e. The van der Waals surface area contributed by atoms with Crippen LogP contribution in [0, 0.1) is 0 Å². The zero-order valence-corrected chi connectivity index (χ0v) is 7.95. The monoisotopic (exact) mass is 209 g/mol. The number of hydrogen-bond donors (Lipinski definition) is 2. The fourth-order valence-electron chi connectivity index (χ4n) is 1.12. The zero-order valence-electron chi connectivity index (χ0n) is 7.20. The van der Waals surface area contributed by atoms with Crippen LogP contribution in [-0.4, -0.2) is 4.98 Å². The second-order valence-corrected chi connectivity index (χ2v) is 3.21. The largest absolute Gasteiger partial charge is 0.432 e. The van der Waals surface area contributed by atoms with E-state index >= 15 is 0 Å². The molecule has 0 radical (unpaired) electrons. The Morgan fingerprint density at radius 1 is 1.29 bits per heavy atom. The molecule has 0 fully saturated rings. The van der Waals surface area contributed by atoms with Crippen molar-refractivity contribution < 1.29 is 4.42 Å². The lowest BCUT2D eigenvalue weighted by atomic mass is 10.1. The highest BCUT2D eigenvalue weighted by Crippen LogP contribution is 2.26. The molecule has 0 aliphatic rings. The molecule has 1 aromatic carbocycles. The van der Waals surface area contributed by atoms with Crippen LogP contribution in [0.1, 0.15) is 0 Å². The van der Waals surface area contributed by atoms with Crippen molar-refractivity contribution in [3.63, 3.8) is 0 Å². The summed E-state index contributed by atoms with van der Waals surface area (Å²) in [6.07, 6.45) is 1.47. The van der Waals surface area contributed by atoms with E-state index in [9.17, 15) is 0 Å². The summed E-state index contributed by atoms with van der Waals surface area (Å²) >= 11 is 5.78. The third kappa shape index (κ3) is 1.52. The SMILES string of the molecule is Nc1nc(-c2ccc(Cl)c(N)c2)co1. The minimum atomic E-state index is 0.133. The second kappa shape index (κ2) is 3.23. The van der Waals surface area contributed by atoms with Gasteiger partial charge >= 0.3 is 0 Å². The molecule has 4 N–H and O–H groups in total. The van der Waals surface area contributed by atoms with Crippen molar-refractivity contribution in [1.82, 2.24) is 4.98 Å². The van der Waals surface area contributed by atoms with Gasteiger partial charge in [-0.3, -0.25) is 0 Å². The highest BCUT2D eigenvalue weighted by atomic mass is 35.5. The number of nitrogens with zero attached hydrogens (tertiary/aromatic N) is 1. The fourth-order valence-corrected chi connectivity index (χ4v) is 1.24. The van der Waals surface area contributed by atoms with Gasteiger partial charge in [-0.2, -0.15) is 4.98 Å². The molecular formula is C9H8ClN3O. The summed E-state index contributed by atoms with van der Waals surface area (Å²) < 4.78 is 4.88. The Labute approximate surface area is 85.5 Å². The molecule has 2 rings (SSSR count). The molecule has 0 saturated heterocycles. The van der Waals surface area contributed by atoms with E-state index in [0.717, 1.165) is 5.56 Å². The second-order valence-electron chi connectivity index (χ2n) is 2.81. The molecule has 4 nitrogen and oxygen atoms in total. The van der Waals surface area contributed by atoms with Crippen LogP contribution >= 0.6 is 11.6 Å². The van der Waals surface area contributed by atoms with Gasteiger partial charge in [-0.1, -0.05) is 17.7 Å². The van der Waals surface area contributed by atoms with Crippen molar-refractivity contribution in [3.05, 3.63) is 29.5 Å². The third-order valence-electron chi connectivity index (χ3n) is 1.81. The molecule has 0 amide bonds. The maximum absolute atomic E-state index is 5.78. The van der Waals surface area contributed by atoms with Gasteiger partial charge in [-0.15, -0.1) is 0 Å². The van der Waals surface area contributed by atoms with E-state index in [0.29, 0.717) is 16.4 Å². The normalized spacial score (nSPS) is 10.4. The van der Waals surface area contributed by atoms with Crippen molar-refractivity contribution in [3.8, 4) is 11.3 Å². The number of nitrogen functional groups attached to an aromatic ring is 2. The standard InChI is InChI=1S/C9H8ClN3O/c10-6-2-1-5(3-7(6)11)8-4-14-9(12)13-8/h1-4H,11H2,(H2,12,13). The molecule has 2 aromatic rings. The van der Waals surface area contributed by atoms with Crippen molar-refractivity contribution in [2.24, 2.45) is 0 Å². The first-order chi connectivity index (χ1) is 6.66. The van der Waals surface area contributed by atoms with E-state index in [4.69, 9.17) is 27.5 Å². The van der Waals surface area contributed by atoms with Crippen molar-refractivity contribution in [1.29, 1.82) is 0 Å². The van der Waals surface area contributed by atoms with Crippen LogP contribution in [0.4, 0.5) is 11.7 Å². The summed E-state index contributed by atoms with van der Waals surface area (Å²) in [5.41, 5.74) is 13.0. The number of halogens is 1. The average molecular weight is 210 g/mol. The van der Waals surface area contributed by atoms with Gasteiger partial charge in [0.2, 0.25) is 0 Å². The van der Waals surface area contributed by atoms with Crippen LogP contribution in [0.3, 0.4) is 0 Å². The first-order valence-corrected chi connectivity index (χ1v) is 4.31. The predicted octanol–water partition coefficient (Wildman–Crippen LogP) is 2.16. The Bertz CT molecular complexity index is 467. The van der Waals surface area contributed by atoms with E-state index in [1.165, 1.54) is 6.26 Å². The van der Waals surface area contributed by atoms with E-state index < -0.39 is 0 Å². The lowest BCUT2D eigenvalue weighted by Gasteiger charge is -1.99. The molecule has 0 unspecified atom stereocenters. The lowest BCUT2D eigenvalue weighted by Crippen LogP contribution is -1.88. The van der Waals surface area contributed by atoms with Crippen molar-refractivity contribution >= 4 is 23.3 Å². The molecule has 0 saturated carbocycles. The molecule has 1 heterocycles. The smallest absolute Gasteiger partial charge is 0.292 e. The van der Waals surface area contributed by atoms with Gasteiger partial charge in [0.25, 0.3) is 6.01 Å². The summed E-state index contributed by atoms with van der Waals surface area (Å²) in [5.74, 6) is 0. The molecule has 5 heteroatoms. The van der Waals surface area contributed by atoms with Crippen LogP contribution in [0.25, 0.3) is 11.3 Å². The van der Waals surface area contributed by atoms with Crippen molar-refractivity contribution in [2.75, 3.05) is 11.5 Å². The minimum absolute atomic E-state index is 0.133. The van der Waals surface area contributed by atoms with Crippen LogP contribution in [-0.2, 0) is 0 Å². The topological polar surface area (TPSA) is 78.1 Å². The minimum Gasteiger partial charge on any atom is -0.432 e. The summed E-state index contributed by atoms with van der Waals surface area (Å²) in [4.78, 5) is 3.96. The third-order valence-corrected chi connectivity index (χ3v) is 2.16. The zero-order chi connectivity index (χ0) is 10.1. The number of hydrogen-bond acceptors (Lipinski definition) is 4. The lowest BCUT2D eigenvalue weighted by molar-refractivity contribution is 0.581. The molecular weight excluding hydrogens is 202 g/mol.